The molecule has 0 saturated carbocycles. The summed E-state index contributed by atoms with van der Waals surface area (Å²) >= 11 is 1.86. The number of para-hydroxylation sites is 1. The van der Waals surface area contributed by atoms with E-state index in [1.54, 1.807) is 0 Å². The molecule has 0 fully saturated rings. The molecule has 0 radical (unpaired) electrons. The summed E-state index contributed by atoms with van der Waals surface area (Å²) in [5.41, 5.74) is 9.44. The molecule has 1 spiro atoms. The van der Waals surface area contributed by atoms with E-state index < -0.39 is 5.41 Å². The van der Waals surface area contributed by atoms with E-state index in [1.165, 1.54) is 42.4 Å². The number of thiophene rings is 1. The van der Waals surface area contributed by atoms with Gasteiger partial charge in [0.05, 0.1) is 5.41 Å². The maximum absolute atomic E-state index is 6.76. The fraction of sp³-hybridized carbons (Fsp3) is 0.0217. The van der Waals surface area contributed by atoms with Crippen molar-refractivity contribution in [2.24, 2.45) is 0 Å². The van der Waals surface area contributed by atoms with Gasteiger partial charge in [0.2, 0.25) is 0 Å². The second kappa shape index (κ2) is 10.8. The fourth-order valence-electron chi connectivity index (χ4n) is 8.28. The van der Waals surface area contributed by atoms with Crippen LogP contribution in [0.5, 0.6) is 11.5 Å². The standard InChI is InChI=1S/C46H27N3OS/c1-3-13-28(14-4-1)43-47-44(29-15-5-2-6-16-29)49-45(48-43)30-23-25-38-36(27-30)46(34-20-10-11-21-37(34)50-38)33-19-9-7-17-31(33)41-35(46)24-26-40-42(41)32-18-8-12-22-39(32)51-40/h1-27H. The summed E-state index contributed by atoms with van der Waals surface area (Å²) in [5, 5.41) is 2.61. The molecule has 4 nitrogen and oxygen atoms in total. The predicted octanol–water partition coefficient (Wildman–Crippen LogP) is 11.7. The van der Waals surface area contributed by atoms with Gasteiger partial charge in [-0.1, -0.05) is 127 Å². The van der Waals surface area contributed by atoms with Gasteiger partial charge in [-0.05, 0) is 58.7 Å². The Morgan fingerprint density at radius 3 is 1.80 bits per heavy atom. The van der Waals surface area contributed by atoms with Gasteiger partial charge in [0.1, 0.15) is 11.5 Å². The van der Waals surface area contributed by atoms with Crippen molar-refractivity contribution in [3.8, 4) is 56.8 Å². The van der Waals surface area contributed by atoms with Crippen LogP contribution in [0.2, 0.25) is 0 Å². The van der Waals surface area contributed by atoms with Crippen molar-refractivity contribution in [1.82, 2.24) is 15.0 Å². The maximum Gasteiger partial charge on any atom is 0.164 e. The number of hydrogen-bond acceptors (Lipinski definition) is 5. The molecule has 0 saturated heterocycles. The van der Waals surface area contributed by atoms with Crippen LogP contribution in [0.25, 0.3) is 65.5 Å². The van der Waals surface area contributed by atoms with Crippen LogP contribution in [0.1, 0.15) is 22.3 Å². The number of ether oxygens (including phenoxy) is 1. The van der Waals surface area contributed by atoms with E-state index >= 15 is 0 Å². The van der Waals surface area contributed by atoms with Gasteiger partial charge in [-0.2, -0.15) is 0 Å². The molecule has 0 N–H and O–H groups in total. The molecule has 0 bridgehead atoms. The quantitative estimate of drug-likeness (QED) is 0.188. The largest absolute Gasteiger partial charge is 0.457 e. The van der Waals surface area contributed by atoms with Gasteiger partial charge in [-0.3, -0.25) is 0 Å². The second-order valence-corrected chi connectivity index (χ2v) is 14.2. The van der Waals surface area contributed by atoms with Crippen molar-refractivity contribution in [3.63, 3.8) is 0 Å². The summed E-state index contributed by atoms with van der Waals surface area (Å²) in [6.07, 6.45) is 0. The zero-order valence-corrected chi connectivity index (χ0v) is 28.1. The number of aromatic nitrogens is 3. The number of nitrogens with zero attached hydrogens (tertiary/aromatic N) is 3. The van der Waals surface area contributed by atoms with Crippen molar-refractivity contribution >= 4 is 31.5 Å². The highest BCUT2D eigenvalue weighted by molar-refractivity contribution is 7.26. The number of rotatable bonds is 3. The minimum absolute atomic E-state index is 0.616. The first-order chi connectivity index (χ1) is 25.3. The Morgan fingerprint density at radius 1 is 0.431 bits per heavy atom. The van der Waals surface area contributed by atoms with Gasteiger partial charge >= 0.3 is 0 Å². The van der Waals surface area contributed by atoms with Crippen LogP contribution in [0.15, 0.2) is 164 Å². The number of hydrogen-bond donors (Lipinski definition) is 0. The van der Waals surface area contributed by atoms with Crippen LogP contribution in [-0.4, -0.2) is 15.0 Å². The van der Waals surface area contributed by atoms with E-state index in [0.717, 1.165) is 39.3 Å². The van der Waals surface area contributed by atoms with E-state index in [1.807, 2.05) is 72.0 Å². The maximum atomic E-state index is 6.76. The lowest BCUT2D eigenvalue weighted by atomic mass is 9.66. The third-order valence-corrected chi connectivity index (χ3v) is 11.5. The number of fused-ring (bicyclic) bond motifs is 13. The van der Waals surface area contributed by atoms with Crippen molar-refractivity contribution in [1.29, 1.82) is 0 Å². The highest BCUT2D eigenvalue weighted by atomic mass is 32.1. The Hall–Kier alpha value is -6.43. The summed E-state index contributed by atoms with van der Waals surface area (Å²) < 4.78 is 9.36. The molecular weight excluding hydrogens is 643 g/mol. The molecule has 51 heavy (non-hydrogen) atoms. The first-order valence-corrected chi connectivity index (χ1v) is 17.9. The molecule has 0 amide bonds. The van der Waals surface area contributed by atoms with Crippen LogP contribution < -0.4 is 4.74 Å². The minimum atomic E-state index is -0.624. The molecule has 7 aromatic carbocycles. The fourth-order valence-corrected chi connectivity index (χ4v) is 9.39. The summed E-state index contributed by atoms with van der Waals surface area (Å²) in [6, 6.07) is 57.6. The van der Waals surface area contributed by atoms with Gasteiger partial charge in [0.25, 0.3) is 0 Å². The molecule has 9 aromatic rings. The lowest BCUT2D eigenvalue weighted by molar-refractivity contribution is 0.436. The minimum Gasteiger partial charge on any atom is -0.457 e. The summed E-state index contributed by atoms with van der Waals surface area (Å²) in [6.45, 7) is 0. The van der Waals surface area contributed by atoms with Gasteiger partial charge in [0, 0.05) is 48.0 Å². The SMILES string of the molecule is c1ccc(-c2nc(-c3ccccc3)nc(-c3ccc4c(c3)C3(c5ccccc5O4)c4ccccc4-c4c3ccc3sc5ccccc5c43)n2)cc1. The van der Waals surface area contributed by atoms with Crippen LogP contribution in [0, 0.1) is 0 Å². The van der Waals surface area contributed by atoms with Crippen molar-refractivity contribution in [2.45, 2.75) is 5.41 Å². The second-order valence-electron chi connectivity index (χ2n) is 13.1. The van der Waals surface area contributed by atoms with Crippen LogP contribution >= 0.6 is 11.3 Å². The summed E-state index contributed by atoms with van der Waals surface area (Å²) in [5.74, 6) is 3.59. The molecule has 2 aliphatic rings. The molecule has 2 aromatic heterocycles. The van der Waals surface area contributed by atoms with Gasteiger partial charge in [-0.25, -0.2) is 15.0 Å². The van der Waals surface area contributed by atoms with E-state index in [0.29, 0.717) is 17.5 Å². The first kappa shape index (κ1) is 28.4. The van der Waals surface area contributed by atoms with Crippen molar-refractivity contribution in [3.05, 3.63) is 186 Å². The molecule has 238 valence electrons. The highest BCUT2D eigenvalue weighted by Gasteiger charge is 2.51. The topological polar surface area (TPSA) is 47.9 Å². The van der Waals surface area contributed by atoms with Gasteiger partial charge in [-0.15, -0.1) is 11.3 Å². The van der Waals surface area contributed by atoms with Crippen molar-refractivity contribution in [2.75, 3.05) is 0 Å². The zero-order chi connectivity index (χ0) is 33.5. The lowest BCUT2D eigenvalue weighted by Crippen LogP contribution is -2.32. The molecule has 1 aliphatic heterocycles. The average Bonchev–Trinajstić information content (AvgIpc) is 3.72. The lowest BCUT2D eigenvalue weighted by Gasteiger charge is -2.39. The Morgan fingerprint density at radius 2 is 1.04 bits per heavy atom. The van der Waals surface area contributed by atoms with E-state index in [4.69, 9.17) is 19.7 Å². The summed E-state index contributed by atoms with van der Waals surface area (Å²) in [7, 11) is 0. The Labute approximate surface area is 298 Å². The molecule has 5 heteroatoms. The van der Waals surface area contributed by atoms with E-state index in [-0.39, 0.29) is 0 Å². The van der Waals surface area contributed by atoms with Crippen LogP contribution in [0.3, 0.4) is 0 Å². The molecule has 1 aliphatic carbocycles. The smallest absolute Gasteiger partial charge is 0.164 e. The average molecular weight is 670 g/mol. The molecule has 1 atom stereocenters. The van der Waals surface area contributed by atoms with Crippen LogP contribution in [0.4, 0.5) is 0 Å². The van der Waals surface area contributed by atoms with Crippen LogP contribution in [-0.2, 0) is 5.41 Å². The summed E-state index contributed by atoms with van der Waals surface area (Å²) in [4.78, 5) is 15.2. The monoisotopic (exact) mass is 669 g/mol. The van der Waals surface area contributed by atoms with Crippen molar-refractivity contribution < 1.29 is 4.74 Å². The van der Waals surface area contributed by atoms with E-state index in [9.17, 15) is 0 Å². The van der Waals surface area contributed by atoms with Gasteiger partial charge < -0.3 is 4.74 Å². The van der Waals surface area contributed by atoms with Gasteiger partial charge in [0.15, 0.2) is 17.5 Å². The zero-order valence-electron chi connectivity index (χ0n) is 27.2. The predicted molar refractivity (Wildman–Crippen MR) is 206 cm³/mol. The third kappa shape index (κ3) is 4.04. The third-order valence-electron chi connectivity index (χ3n) is 10.4. The normalized spacial score (nSPS) is 15.3. The van der Waals surface area contributed by atoms with E-state index in [2.05, 4.69) is 103 Å². The molecule has 3 heterocycles. The highest BCUT2D eigenvalue weighted by Crippen LogP contribution is 2.64. The number of benzene rings is 7. The Kier molecular flexibility index (Phi) is 6.01. The Bertz CT molecular complexity index is 2790. The Balaban J connectivity index is 1.22. The first-order valence-electron chi connectivity index (χ1n) is 17.1. The molecule has 11 rings (SSSR count). The molecule has 1 unspecified atom stereocenters. The molecular formula is C46H27N3OS.